The van der Waals surface area contributed by atoms with Crippen LogP contribution in [-0.4, -0.2) is 23.5 Å². The summed E-state index contributed by atoms with van der Waals surface area (Å²) in [4.78, 5) is 11.7. The Labute approximate surface area is 102 Å². The molecule has 0 aromatic heterocycles. The van der Waals surface area contributed by atoms with E-state index in [0.717, 1.165) is 13.0 Å². The molecule has 0 spiro atoms. The lowest BCUT2D eigenvalue weighted by atomic mass is 9.84. The molecule has 0 heterocycles. The molecule has 0 radical (unpaired) electrons. The summed E-state index contributed by atoms with van der Waals surface area (Å²) in [6.07, 6.45) is 7.25. The molecule has 1 fully saturated rings. The average molecular weight is 240 g/mol. The monoisotopic (exact) mass is 240 g/mol. The van der Waals surface area contributed by atoms with Gasteiger partial charge in [-0.2, -0.15) is 17.0 Å². The van der Waals surface area contributed by atoms with Crippen LogP contribution in [0.5, 0.6) is 0 Å². The third-order valence-corrected chi connectivity index (χ3v) is 4.75. The van der Waals surface area contributed by atoms with Crippen molar-refractivity contribution in [1.29, 1.82) is 5.26 Å². The molecular weight excluding hydrogens is 220 g/mol. The summed E-state index contributed by atoms with van der Waals surface area (Å²) in [5.41, 5.74) is 0. The van der Waals surface area contributed by atoms with Crippen LogP contribution >= 0.6 is 11.8 Å². The molecule has 1 atom stereocenters. The number of carbonyl (C=O) groups excluding carboxylic acids is 1. The number of carbonyl (C=O) groups is 1. The topological polar surface area (TPSA) is 52.9 Å². The zero-order chi connectivity index (χ0) is 12.0. The number of nitrogens with zero attached hydrogens (tertiary/aromatic N) is 1. The van der Waals surface area contributed by atoms with E-state index in [1.807, 2.05) is 18.7 Å². The highest BCUT2D eigenvalue weighted by Gasteiger charge is 2.36. The van der Waals surface area contributed by atoms with E-state index >= 15 is 0 Å². The maximum atomic E-state index is 11.7. The molecule has 1 amide bonds. The Balaban J connectivity index is 2.36. The molecule has 3 nitrogen and oxygen atoms in total. The highest BCUT2D eigenvalue weighted by Crippen LogP contribution is 2.42. The molecule has 90 valence electrons. The predicted octanol–water partition coefficient (Wildman–Crippen LogP) is 2.33. The van der Waals surface area contributed by atoms with Gasteiger partial charge in [0.2, 0.25) is 5.91 Å². The number of thioether (sulfide) groups is 1. The number of nitrogens with one attached hydrogen (secondary N) is 1. The second-order valence-electron chi connectivity index (χ2n) is 4.43. The van der Waals surface area contributed by atoms with Crippen LogP contribution < -0.4 is 5.32 Å². The molecule has 1 rings (SSSR count). The molecule has 0 saturated heterocycles. The van der Waals surface area contributed by atoms with Crippen molar-refractivity contribution in [3.63, 3.8) is 0 Å². The van der Waals surface area contributed by atoms with Crippen molar-refractivity contribution in [1.82, 2.24) is 5.32 Å². The quantitative estimate of drug-likeness (QED) is 0.775. The molecule has 1 aliphatic carbocycles. The molecule has 0 aromatic rings. The van der Waals surface area contributed by atoms with Gasteiger partial charge in [0.1, 0.15) is 5.92 Å². The summed E-state index contributed by atoms with van der Waals surface area (Å²) in [5, 5.41) is 11.8. The van der Waals surface area contributed by atoms with Gasteiger partial charge in [-0.1, -0.05) is 19.8 Å². The Morgan fingerprint density at radius 3 is 2.69 bits per heavy atom. The van der Waals surface area contributed by atoms with Crippen LogP contribution in [0.2, 0.25) is 0 Å². The van der Waals surface area contributed by atoms with Gasteiger partial charge in [0.25, 0.3) is 0 Å². The number of nitriles is 1. The minimum Gasteiger partial charge on any atom is -0.354 e. The lowest BCUT2D eigenvalue weighted by molar-refractivity contribution is -0.123. The van der Waals surface area contributed by atoms with Gasteiger partial charge in [-0.3, -0.25) is 4.79 Å². The van der Waals surface area contributed by atoms with E-state index in [9.17, 15) is 4.79 Å². The predicted molar refractivity (Wildman–Crippen MR) is 67.1 cm³/mol. The van der Waals surface area contributed by atoms with E-state index in [0.29, 0.717) is 6.42 Å². The average Bonchev–Trinajstić information content (AvgIpc) is 2.24. The number of amides is 1. The third-order valence-electron chi connectivity index (χ3n) is 3.33. The summed E-state index contributed by atoms with van der Waals surface area (Å²) in [7, 11) is 0. The fraction of sp³-hybridized carbons (Fsp3) is 0.833. The largest absolute Gasteiger partial charge is 0.354 e. The van der Waals surface area contributed by atoms with Crippen LogP contribution in [-0.2, 0) is 4.79 Å². The number of hydrogen-bond donors (Lipinski definition) is 1. The first-order chi connectivity index (χ1) is 7.67. The van der Waals surface area contributed by atoms with E-state index in [1.54, 1.807) is 0 Å². The standard InChI is InChI=1S/C12H20N2OS/c1-3-5-10(8-13)11(15)14-9-12(16-2)6-4-7-12/h10H,3-7,9H2,1-2H3,(H,14,15). The van der Waals surface area contributed by atoms with Crippen LogP contribution in [0.25, 0.3) is 0 Å². The van der Waals surface area contributed by atoms with Crippen LogP contribution in [0.1, 0.15) is 39.0 Å². The van der Waals surface area contributed by atoms with Crippen molar-refractivity contribution < 1.29 is 4.79 Å². The fourth-order valence-electron chi connectivity index (χ4n) is 1.94. The zero-order valence-corrected chi connectivity index (χ0v) is 10.9. The molecule has 4 heteroatoms. The number of rotatable bonds is 6. The van der Waals surface area contributed by atoms with E-state index < -0.39 is 5.92 Å². The summed E-state index contributed by atoms with van der Waals surface area (Å²) in [6.45, 7) is 2.71. The Hall–Kier alpha value is -0.690. The molecule has 1 N–H and O–H groups in total. The normalized spacial score (nSPS) is 19.3. The SMILES string of the molecule is CCCC(C#N)C(=O)NCC1(SC)CCC1. The van der Waals surface area contributed by atoms with Gasteiger partial charge >= 0.3 is 0 Å². The van der Waals surface area contributed by atoms with Gasteiger partial charge in [0, 0.05) is 11.3 Å². The van der Waals surface area contributed by atoms with Crippen molar-refractivity contribution in [2.75, 3.05) is 12.8 Å². The summed E-state index contributed by atoms with van der Waals surface area (Å²) >= 11 is 1.84. The zero-order valence-electron chi connectivity index (χ0n) is 10.1. The van der Waals surface area contributed by atoms with Crippen LogP contribution in [0, 0.1) is 17.2 Å². The molecule has 0 bridgehead atoms. The molecule has 1 aliphatic rings. The van der Waals surface area contributed by atoms with Gasteiger partial charge in [-0.05, 0) is 25.5 Å². The highest BCUT2D eigenvalue weighted by molar-refractivity contribution is 8.00. The van der Waals surface area contributed by atoms with E-state index in [4.69, 9.17) is 5.26 Å². The lowest BCUT2D eigenvalue weighted by Gasteiger charge is -2.40. The summed E-state index contributed by atoms with van der Waals surface area (Å²) < 4.78 is 0.252. The molecule has 1 unspecified atom stereocenters. The Morgan fingerprint density at radius 1 is 1.62 bits per heavy atom. The van der Waals surface area contributed by atoms with Gasteiger partial charge in [-0.25, -0.2) is 0 Å². The van der Waals surface area contributed by atoms with Crippen LogP contribution in [0.15, 0.2) is 0 Å². The Bertz CT molecular complexity index is 276. The van der Waals surface area contributed by atoms with Gasteiger partial charge in [0.15, 0.2) is 0 Å². The molecular formula is C12H20N2OS. The van der Waals surface area contributed by atoms with E-state index in [-0.39, 0.29) is 10.7 Å². The van der Waals surface area contributed by atoms with Crippen molar-refractivity contribution in [3.05, 3.63) is 0 Å². The summed E-state index contributed by atoms with van der Waals surface area (Å²) in [6, 6.07) is 2.07. The Kier molecular flexibility index (Phi) is 5.14. The maximum Gasteiger partial charge on any atom is 0.237 e. The molecule has 16 heavy (non-hydrogen) atoms. The lowest BCUT2D eigenvalue weighted by Crippen LogP contribution is -2.46. The molecule has 0 aliphatic heterocycles. The first-order valence-corrected chi connectivity index (χ1v) is 7.12. The van der Waals surface area contributed by atoms with Gasteiger partial charge in [-0.15, -0.1) is 0 Å². The highest BCUT2D eigenvalue weighted by atomic mass is 32.2. The smallest absolute Gasteiger partial charge is 0.237 e. The first kappa shape index (κ1) is 13.4. The molecule has 1 saturated carbocycles. The summed E-state index contributed by atoms with van der Waals surface area (Å²) in [5.74, 6) is -0.561. The van der Waals surface area contributed by atoms with Gasteiger partial charge in [0.05, 0.1) is 6.07 Å². The number of hydrogen-bond acceptors (Lipinski definition) is 3. The minimum atomic E-state index is -0.469. The van der Waals surface area contributed by atoms with Crippen molar-refractivity contribution in [2.24, 2.45) is 5.92 Å². The van der Waals surface area contributed by atoms with Gasteiger partial charge < -0.3 is 5.32 Å². The Morgan fingerprint density at radius 2 is 2.31 bits per heavy atom. The fourth-order valence-corrected chi connectivity index (χ4v) is 2.85. The second kappa shape index (κ2) is 6.15. The van der Waals surface area contributed by atoms with E-state index in [2.05, 4.69) is 17.6 Å². The van der Waals surface area contributed by atoms with Crippen molar-refractivity contribution in [2.45, 2.75) is 43.8 Å². The maximum absolute atomic E-state index is 11.7. The third kappa shape index (κ3) is 3.15. The van der Waals surface area contributed by atoms with Crippen LogP contribution in [0.3, 0.4) is 0 Å². The van der Waals surface area contributed by atoms with E-state index in [1.165, 1.54) is 19.3 Å². The molecule has 0 aromatic carbocycles. The minimum absolute atomic E-state index is 0.0929. The van der Waals surface area contributed by atoms with Crippen molar-refractivity contribution in [3.8, 4) is 6.07 Å². The first-order valence-electron chi connectivity index (χ1n) is 5.90. The second-order valence-corrected chi connectivity index (χ2v) is 5.70. The van der Waals surface area contributed by atoms with Crippen molar-refractivity contribution >= 4 is 17.7 Å². The van der Waals surface area contributed by atoms with Crippen LogP contribution in [0.4, 0.5) is 0 Å².